The van der Waals surface area contributed by atoms with Crippen molar-refractivity contribution in [1.29, 1.82) is 0 Å². The highest BCUT2D eigenvalue weighted by molar-refractivity contribution is 5.74. The maximum Gasteiger partial charge on any atom is 0.340 e. The number of carbonyl (C=O) groups excluding carboxylic acids is 1. The molecule has 3 rings (SSSR count). The number of hydrogen-bond donors (Lipinski definition) is 0. The summed E-state index contributed by atoms with van der Waals surface area (Å²) in [4.78, 5) is 11.9. The molecule has 1 aliphatic rings. The zero-order chi connectivity index (χ0) is 22.1. The third kappa shape index (κ3) is 7.19. The van der Waals surface area contributed by atoms with Gasteiger partial charge in [0.1, 0.15) is 6.10 Å². The zero-order valence-electron chi connectivity index (χ0n) is 19.1. The molecule has 0 unspecified atom stereocenters. The smallest absolute Gasteiger partial charge is 0.340 e. The molecule has 0 aromatic heterocycles. The summed E-state index contributed by atoms with van der Waals surface area (Å²) < 4.78 is 19.2. The Balaban J connectivity index is 1.39. The van der Waals surface area contributed by atoms with E-state index < -0.39 is 12.1 Å². The molecule has 1 fully saturated rings. The Labute approximate surface area is 187 Å². The van der Waals surface area contributed by atoms with Gasteiger partial charge in [-0.15, -0.1) is 0 Å². The highest BCUT2D eigenvalue weighted by Gasteiger charge is 2.27. The first-order chi connectivity index (χ1) is 15.1. The summed E-state index contributed by atoms with van der Waals surface area (Å²) in [5.41, 5.74) is 5.27. The maximum absolute atomic E-state index is 13.8. The van der Waals surface area contributed by atoms with Gasteiger partial charge in [0.2, 0.25) is 0 Å². The second kappa shape index (κ2) is 12.0. The van der Waals surface area contributed by atoms with Crippen LogP contribution >= 0.6 is 0 Å². The standard InChI is InChI=1S/C28H37FO2/c1-3-5-6-27(29)28(30)31-26-19-13-23(14-20-26)8-7-22-11-17-25(18-12-22)24-15-9-21(4-2)10-16-24/h9-12,15-18,23,26-27H,3-8,13-14,19-20H2,1-2H3/t23?,26?,27-/m0/s1. The van der Waals surface area contributed by atoms with Crippen LogP contribution in [0.15, 0.2) is 48.5 Å². The summed E-state index contributed by atoms with van der Waals surface area (Å²) in [5.74, 6) is 0.0128. The number of hydrogen-bond acceptors (Lipinski definition) is 2. The number of rotatable bonds is 10. The SMILES string of the molecule is CCCC[C@H](F)C(=O)OC1CCC(CCc2ccc(-c3ccc(CC)cc3)cc2)CC1. The molecular formula is C28H37FO2. The first-order valence-corrected chi connectivity index (χ1v) is 12.1. The maximum atomic E-state index is 13.8. The van der Waals surface area contributed by atoms with E-state index in [-0.39, 0.29) is 12.5 Å². The van der Waals surface area contributed by atoms with Crippen molar-refractivity contribution in [3.05, 3.63) is 59.7 Å². The number of carbonyl (C=O) groups is 1. The van der Waals surface area contributed by atoms with Gasteiger partial charge in [-0.2, -0.15) is 0 Å². The van der Waals surface area contributed by atoms with Crippen LogP contribution in [0.4, 0.5) is 4.39 Å². The Morgan fingerprint density at radius 2 is 1.52 bits per heavy atom. The van der Waals surface area contributed by atoms with Crippen molar-refractivity contribution in [3.63, 3.8) is 0 Å². The summed E-state index contributed by atoms with van der Waals surface area (Å²) >= 11 is 0. The third-order valence-electron chi connectivity index (χ3n) is 6.63. The predicted molar refractivity (Wildman–Crippen MR) is 126 cm³/mol. The van der Waals surface area contributed by atoms with Gasteiger partial charge in [-0.3, -0.25) is 0 Å². The molecular weight excluding hydrogens is 387 g/mol. The Hall–Kier alpha value is -2.16. The van der Waals surface area contributed by atoms with Crippen LogP contribution in [0.25, 0.3) is 11.1 Å². The van der Waals surface area contributed by atoms with Crippen LogP contribution in [-0.4, -0.2) is 18.2 Å². The number of esters is 1. The topological polar surface area (TPSA) is 26.3 Å². The van der Waals surface area contributed by atoms with E-state index in [9.17, 15) is 9.18 Å². The van der Waals surface area contributed by atoms with Crippen molar-refractivity contribution in [2.45, 2.75) is 90.3 Å². The molecule has 0 radical (unpaired) electrons. The van der Waals surface area contributed by atoms with Crippen LogP contribution in [-0.2, 0) is 22.4 Å². The molecule has 2 nitrogen and oxygen atoms in total. The fraction of sp³-hybridized carbons (Fsp3) is 0.536. The van der Waals surface area contributed by atoms with Crippen LogP contribution in [0.3, 0.4) is 0 Å². The Bertz CT molecular complexity index is 789. The minimum Gasteiger partial charge on any atom is -0.460 e. The molecule has 0 bridgehead atoms. The lowest BCUT2D eigenvalue weighted by Gasteiger charge is -2.28. The third-order valence-corrected chi connectivity index (χ3v) is 6.63. The van der Waals surface area contributed by atoms with E-state index in [1.807, 2.05) is 6.92 Å². The number of benzene rings is 2. The fourth-order valence-corrected chi connectivity index (χ4v) is 4.45. The van der Waals surface area contributed by atoms with Crippen LogP contribution in [0.2, 0.25) is 0 Å². The molecule has 1 aliphatic carbocycles. The fourth-order valence-electron chi connectivity index (χ4n) is 4.45. The lowest BCUT2D eigenvalue weighted by molar-refractivity contribution is -0.157. The summed E-state index contributed by atoms with van der Waals surface area (Å²) in [6.45, 7) is 4.18. The summed E-state index contributed by atoms with van der Waals surface area (Å²) in [5, 5.41) is 0. The normalized spacial score (nSPS) is 19.7. The van der Waals surface area contributed by atoms with E-state index in [2.05, 4.69) is 55.5 Å². The molecule has 0 aliphatic heterocycles. The van der Waals surface area contributed by atoms with Gasteiger partial charge in [-0.25, -0.2) is 9.18 Å². The van der Waals surface area contributed by atoms with E-state index in [1.165, 1.54) is 22.3 Å². The minimum absolute atomic E-state index is 0.0954. The first kappa shape index (κ1) is 23.5. The van der Waals surface area contributed by atoms with Crippen LogP contribution in [0, 0.1) is 5.92 Å². The molecule has 2 aromatic carbocycles. The van der Waals surface area contributed by atoms with Crippen molar-refractivity contribution in [1.82, 2.24) is 0 Å². The van der Waals surface area contributed by atoms with Crippen molar-refractivity contribution >= 4 is 5.97 Å². The Morgan fingerprint density at radius 1 is 0.935 bits per heavy atom. The highest BCUT2D eigenvalue weighted by atomic mass is 19.1. The summed E-state index contributed by atoms with van der Waals surface area (Å²) in [6.07, 6.45) is 7.52. The van der Waals surface area contributed by atoms with E-state index >= 15 is 0 Å². The minimum atomic E-state index is -1.45. The largest absolute Gasteiger partial charge is 0.460 e. The predicted octanol–water partition coefficient (Wildman–Crippen LogP) is 7.48. The quantitative estimate of drug-likeness (QED) is 0.370. The van der Waals surface area contributed by atoms with Crippen molar-refractivity contribution in [3.8, 4) is 11.1 Å². The van der Waals surface area contributed by atoms with Gasteiger partial charge in [0.15, 0.2) is 6.17 Å². The highest BCUT2D eigenvalue weighted by Crippen LogP contribution is 2.30. The number of unbranched alkanes of at least 4 members (excludes halogenated alkanes) is 1. The zero-order valence-corrected chi connectivity index (χ0v) is 19.1. The van der Waals surface area contributed by atoms with Gasteiger partial charge in [0.05, 0.1) is 0 Å². The molecule has 0 amide bonds. The van der Waals surface area contributed by atoms with E-state index in [1.54, 1.807) is 0 Å². The molecule has 3 heteroatoms. The molecule has 0 N–H and O–H groups in total. The monoisotopic (exact) mass is 424 g/mol. The molecule has 31 heavy (non-hydrogen) atoms. The first-order valence-electron chi connectivity index (χ1n) is 12.1. The Morgan fingerprint density at radius 3 is 2.06 bits per heavy atom. The van der Waals surface area contributed by atoms with Gasteiger partial charge in [-0.05, 0) is 79.5 Å². The van der Waals surface area contributed by atoms with Gasteiger partial charge in [0, 0.05) is 0 Å². The summed E-state index contributed by atoms with van der Waals surface area (Å²) in [7, 11) is 0. The van der Waals surface area contributed by atoms with Gasteiger partial charge >= 0.3 is 5.97 Å². The second-order valence-corrected chi connectivity index (χ2v) is 8.98. The van der Waals surface area contributed by atoms with E-state index in [0.29, 0.717) is 5.92 Å². The number of ether oxygens (including phenoxy) is 1. The molecule has 1 saturated carbocycles. The molecule has 1 atom stereocenters. The molecule has 0 heterocycles. The molecule has 0 saturated heterocycles. The average molecular weight is 425 g/mol. The van der Waals surface area contributed by atoms with Crippen LogP contribution < -0.4 is 0 Å². The van der Waals surface area contributed by atoms with Crippen molar-refractivity contribution < 1.29 is 13.9 Å². The number of alkyl halides is 1. The van der Waals surface area contributed by atoms with Gasteiger partial charge in [0.25, 0.3) is 0 Å². The van der Waals surface area contributed by atoms with Gasteiger partial charge < -0.3 is 4.74 Å². The average Bonchev–Trinajstić information content (AvgIpc) is 2.82. The van der Waals surface area contributed by atoms with Crippen LogP contribution in [0.1, 0.15) is 76.3 Å². The Kier molecular flexibility index (Phi) is 9.12. The number of halogens is 1. The molecule has 0 spiro atoms. The van der Waals surface area contributed by atoms with Gasteiger partial charge in [-0.1, -0.05) is 75.2 Å². The van der Waals surface area contributed by atoms with E-state index in [4.69, 9.17) is 4.74 Å². The van der Waals surface area contributed by atoms with Crippen LogP contribution in [0.5, 0.6) is 0 Å². The van der Waals surface area contributed by atoms with Crippen molar-refractivity contribution in [2.24, 2.45) is 5.92 Å². The summed E-state index contributed by atoms with van der Waals surface area (Å²) in [6, 6.07) is 17.7. The van der Waals surface area contributed by atoms with E-state index in [0.717, 1.165) is 57.8 Å². The van der Waals surface area contributed by atoms with Crippen molar-refractivity contribution in [2.75, 3.05) is 0 Å². The lowest BCUT2D eigenvalue weighted by Crippen LogP contribution is -2.29. The molecule has 2 aromatic rings. The molecule has 168 valence electrons. The second-order valence-electron chi connectivity index (χ2n) is 8.98. The number of aryl methyl sites for hydroxylation is 2. The lowest BCUT2D eigenvalue weighted by atomic mass is 9.83.